The van der Waals surface area contributed by atoms with Gasteiger partial charge in [-0.2, -0.15) is 0 Å². The molecular formula is C16H22N2O. The number of hydrogen-bond donors (Lipinski definition) is 1. The Balaban J connectivity index is 1.94. The molecule has 0 radical (unpaired) electrons. The SMILES string of the molecule is CC(=O)NC1CC2(CCN(C)CC2)c2ccccc21. The van der Waals surface area contributed by atoms with E-state index in [4.69, 9.17) is 0 Å². The van der Waals surface area contributed by atoms with Crippen molar-refractivity contribution in [3.8, 4) is 0 Å². The summed E-state index contributed by atoms with van der Waals surface area (Å²) in [6.45, 7) is 3.92. The van der Waals surface area contributed by atoms with E-state index in [1.165, 1.54) is 24.0 Å². The smallest absolute Gasteiger partial charge is 0.217 e. The number of nitrogens with zero attached hydrogens (tertiary/aromatic N) is 1. The third kappa shape index (κ3) is 2.16. The molecule has 1 aromatic carbocycles. The second kappa shape index (κ2) is 4.64. The molecule has 1 unspecified atom stereocenters. The zero-order valence-electron chi connectivity index (χ0n) is 11.8. The van der Waals surface area contributed by atoms with Crippen molar-refractivity contribution in [3.63, 3.8) is 0 Å². The van der Waals surface area contributed by atoms with Crippen LogP contribution in [0.25, 0.3) is 0 Å². The van der Waals surface area contributed by atoms with Crippen molar-refractivity contribution in [2.75, 3.05) is 20.1 Å². The van der Waals surface area contributed by atoms with E-state index in [1.807, 2.05) is 0 Å². The summed E-state index contributed by atoms with van der Waals surface area (Å²) < 4.78 is 0. The normalized spacial score (nSPS) is 25.3. The summed E-state index contributed by atoms with van der Waals surface area (Å²) in [5.74, 6) is 0.0739. The second-order valence-corrected chi connectivity index (χ2v) is 6.13. The van der Waals surface area contributed by atoms with Crippen LogP contribution in [0.1, 0.15) is 43.4 Å². The van der Waals surface area contributed by atoms with Crippen molar-refractivity contribution in [1.29, 1.82) is 0 Å². The van der Waals surface area contributed by atoms with Gasteiger partial charge in [0.05, 0.1) is 6.04 Å². The number of piperidine rings is 1. The molecule has 1 aliphatic heterocycles. The van der Waals surface area contributed by atoms with Crippen LogP contribution in [0.5, 0.6) is 0 Å². The zero-order chi connectivity index (χ0) is 13.5. The highest BCUT2D eigenvalue weighted by Gasteiger charge is 2.44. The van der Waals surface area contributed by atoms with Crippen LogP contribution in [-0.4, -0.2) is 30.9 Å². The van der Waals surface area contributed by atoms with Crippen LogP contribution in [0.15, 0.2) is 24.3 Å². The van der Waals surface area contributed by atoms with Crippen LogP contribution in [0.2, 0.25) is 0 Å². The molecule has 1 aromatic rings. The lowest BCUT2D eigenvalue weighted by Gasteiger charge is -2.39. The number of carbonyl (C=O) groups excluding carboxylic acids is 1. The van der Waals surface area contributed by atoms with E-state index in [0.29, 0.717) is 0 Å². The van der Waals surface area contributed by atoms with Crippen molar-refractivity contribution >= 4 is 5.91 Å². The number of carbonyl (C=O) groups is 1. The Morgan fingerprint density at radius 1 is 1.32 bits per heavy atom. The predicted molar refractivity (Wildman–Crippen MR) is 76.0 cm³/mol. The highest BCUT2D eigenvalue weighted by atomic mass is 16.1. The number of likely N-dealkylation sites (tertiary alicyclic amines) is 1. The molecule has 2 aliphatic rings. The molecule has 0 saturated carbocycles. The maximum absolute atomic E-state index is 11.4. The molecule has 1 fully saturated rings. The summed E-state index contributed by atoms with van der Waals surface area (Å²) >= 11 is 0. The summed E-state index contributed by atoms with van der Waals surface area (Å²) in [5, 5.41) is 3.13. The zero-order valence-corrected chi connectivity index (χ0v) is 11.8. The average molecular weight is 258 g/mol. The lowest BCUT2D eigenvalue weighted by atomic mass is 9.74. The van der Waals surface area contributed by atoms with Crippen molar-refractivity contribution in [1.82, 2.24) is 10.2 Å². The quantitative estimate of drug-likeness (QED) is 0.838. The van der Waals surface area contributed by atoms with Crippen molar-refractivity contribution in [2.45, 2.75) is 37.6 Å². The molecule has 3 heteroatoms. The van der Waals surface area contributed by atoms with E-state index in [1.54, 1.807) is 6.92 Å². The Hall–Kier alpha value is -1.35. The topological polar surface area (TPSA) is 32.3 Å². The molecule has 1 spiro atoms. The molecule has 102 valence electrons. The van der Waals surface area contributed by atoms with Crippen LogP contribution in [0, 0.1) is 0 Å². The third-order valence-corrected chi connectivity index (χ3v) is 4.82. The molecule has 1 N–H and O–H groups in total. The molecule has 1 saturated heterocycles. The molecule has 0 bridgehead atoms. The number of hydrogen-bond acceptors (Lipinski definition) is 2. The van der Waals surface area contributed by atoms with Gasteiger partial charge >= 0.3 is 0 Å². The van der Waals surface area contributed by atoms with Gasteiger partial charge < -0.3 is 10.2 Å². The van der Waals surface area contributed by atoms with Gasteiger partial charge in [-0.05, 0) is 50.5 Å². The number of fused-ring (bicyclic) bond motifs is 2. The van der Waals surface area contributed by atoms with Gasteiger partial charge in [-0.3, -0.25) is 4.79 Å². The summed E-state index contributed by atoms with van der Waals surface area (Å²) in [7, 11) is 2.19. The first-order chi connectivity index (χ1) is 9.11. The fraction of sp³-hybridized carbons (Fsp3) is 0.562. The summed E-state index contributed by atoms with van der Waals surface area (Å²) in [6.07, 6.45) is 3.48. The Morgan fingerprint density at radius 2 is 2.00 bits per heavy atom. The van der Waals surface area contributed by atoms with E-state index in [9.17, 15) is 4.79 Å². The highest BCUT2D eigenvalue weighted by molar-refractivity contribution is 5.73. The minimum absolute atomic E-state index is 0.0739. The summed E-state index contributed by atoms with van der Waals surface area (Å²) in [5.41, 5.74) is 3.10. The van der Waals surface area contributed by atoms with E-state index < -0.39 is 0 Å². The fourth-order valence-corrected chi connectivity index (χ4v) is 3.79. The van der Waals surface area contributed by atoms with Gasteiger partial charge in [0.25, 0.3) is 0 Å². The molecule has 0 aromatic heterocycles. The highest BCUT2D eigenvalue weighted by Crippen LogP contribution is 2.50. The van der Waals surface area contributed by atoms with Gasteiger partial charge in [-0.1, -0.05) is 24.3 Å². The minimum Gasteiger partial charge on any atom is -0.349 e. The number of amides is 1. The first-order valence-corrected chi connectivity index (χ1v) is 7.16. The van der Waals surface area contributed by atoms with Crippen molar-refractivity contribution < 1.29 is 4.79 Å². The fourth-order valence-electron chi connectivity index (χ4n) is 3.79. The molecule has 1 atom stereocenters. The molecular weight excluding hydrogens is 236 g/mol. The monoisotopic (exact) mass is 258 g/mol. The molecule has 19 heavy (non-hydrogen) atoms. The Labute approximate surface area is 115 Å². The van der Waals surface area contributed by atoms with Crippen LogP contribution < -0.4 is 5.32 Å². The van der Waals surface area contributed by atoms with Crippen LogP contribution in [0.3, 0.4) is 0 Å². The first kappa shape index (κ1) is 12.7. The van der Waals surface area contributed by atoms with Gasteiger partial charge in [0.15, 0.2) is 0 Å². The largest absolute Gasteiger partial charge is 0.349 e. The average Bonchev–Trinajstić information content (AvgIpc) is 2.68. The standard InChI is InChI=1S/C16H22N2O/c1-12(19)17-15-11-16(7-9-18(2)10-8-16)14-6-4-3-5-13(14)15/h3-6,15H,7-11H2,1-2H3,(H,17,19). The van der Waals surface area contributed by atoms with Crippen LogP contribution in [0.4, 0.5) is 0 Å². The van der Waals surface area contributed by atoms with E-state index in [-0.39, 0.29) is 17.4 Å². The maximum atomic E-state index is 11.4. The van der Waals surface area contributed by atoms with Gasteiger partial charge in [0.1, 0.15) is 0 Å². The number of rotatable bonds is 1. The van der Waals surface area contributed by atoms with Gasteiger partial charge in [-0.25, -0.2) is 0 Å². The molecule has 3 rings (SSSR count). The predicted octanol–water partition coefficient (Wildman–Crippen LogP) is 2.23. The lowest BCUT2D eigenvalue weighted by Crippen LogP contribution is -2.40. The summed E-state index contributed by atoms with van der Waals surface area (Å²) in [6, 6.07) is 8.87. The van der Waals surface area contributed by atoms with Crippen LogP contribution >= 0.6 is 0 Å². The van der Waals surface area contributed by atoms with E-state index in [2.05, 4.69) is 41.5 Å². The lowest BCUT2D eigenvalue weighted by molar-refractivity contribution is -0.119. The Morgan fingerprint density at radius 3 is 2.68 bits per heavy atom. The van der Waals surface area contributed by atoms with Gasteiger partial charge in [0, 0.05) is 12.3 Å². The second-order valence-electron chi connectivity index (χ2n) is 6.13. The molecule has 3 nitrogen and oxygen atoms in total. The molecule has 1 aliphatic carbocycles. The Bertz CT molecular complexity index is 489. The minimum atomic E-state index is 0.0739. The van der Waals surface area contributed by atoms with Crippen molar-refractivity contribution in [2.24, 2.45) is 0 Å². The maximum Gasteiger partial charge on any atom is 0.217 e. The third-order valence-electron chi connectivity index (χ3n) is 4.82. The van der Waals surface area contributed by atoms with Crippen molar-refractivity contribution in [3.05, 3.63) is 35.4 Å². The van der Waals surface area contributed by atoms with Gasteiger partial charge in [-0.15, -0.1) is 0 Å². The van der Waals surface area contributed by atoms with E-state index in [0.717, 1.165) is 19.5 Å². The number of benzene rings is 1. The Kier molecular flexibility index (Phi) is 3.09. The first-order valence-electron chi connectivity index (χ1n) is 7.16. The number of nitrogens with one attached hydrogen (secondary N) is 1. The van der Waals surface area contributed by atoms with Gasteiger partial charge in [0.2, 0.25) is 5.91 Å². The molecule has 1 amide bonds. The van der Waals surface area contributed by atoms with E-state index >= 15 is 0 Å². The summed E-state index contributed by atoms with van der Waals surface area (Å²) in [4.78, 5) is 13.8. The van der Waals surface area contributed by atoms with Crippen LogP contribution in [-0.2, 0) is 10.2 Å². The molecule has 1 heterocycles.